The number of carbonyl (C=O) groups excluding carboxylic acids is 2. The first-order chi connectivity index (χ1) is 15.2. The topological polar surface area (TPSA) is 63.2 Å². The van der Waals surface area contributed by atoms with Crippen molar-refractivity contribution in [1.82, 2.24) is 9.97 Å². The molecule has 0 radical (unpaired) electrons. The number of carbonyl (C=O) groups is 2. The van der Waals surface area contributed by atoms with Crippen LogP contribution in [0.15, 0.2) is 78.6 Å². The molecule has 0 unspecified atom stereocenters. The monoisotopic (exact) mass is 535 g/mol. The van der Waals surface area contributed by atoms with E-state index in [0.717, 1.165) is 20.5 Å². The van der Waals surface area contributed by atoms with Crippen LogP contribution in [0.25, 0.3) is 6.08 Å². The molecule has 4 aromatic rings. The molecule has 0 bridgehead atoms. The Morgan fingerprint density at radius 1 is 0.806 bits per heavy atom. The van der Waals surface area contributed by atoms with E-state index < -0.39 is 0 Å². The van der Waals surface area contributed by atoms with Crippen LogP contribution >= 0.6 is 0 Å². The fourth-order valence-corrected chi connectivity index (χ4v) is 7.96. The normalized spacial score (nSPS) is 15.7. The van der Waals surface area contributed by atoms with E-state index >= 15 is 0 Å². The zero-order chi connectivity index (χ0) is 20.9. The van der Waals surface area contributed by atoms with Crippen LogP contribution in [0.3, 0.4) is 0 Å². The van der Waals surface area contributed by atoms with Crippen LogP contribution < -0.4 is 13.8 Å². The average molecular weight is 533 g/mol. The third-order valence-corrected chi connectivity index (χ3v) is 9.62. The minimum absolute atomic E-state index is 0.0675. The number of hydrogen-bond donors (Lipinski definition) is 0. The molecule has 3 aromatic heterocycles. The number of pyridine rings is 2. The molecule has 0 saturated carbocycles. The third-order valence-electron chi connectivity index (χ3n) is 5.16. The summed E-state index contributed by atoms with van der Waals surface area (Å²) in [7, 11) is 0. The summed E-state index contributed by atoms with van der Waals surface area (Å²) < 4.78 is 4.69. The summed E-state index contributed by atoms with van der Waals surface area (Å²) in [5.74, 6) is 0.446. The number of rotatable bonds is 2. The zero-order valence-electron chi connectivity index (χ0n) is 16.0. The van der Waals surface area contributed by atoms with Gasteiger partial charge in [-0.25, -0.2) is 0 Å². The van der Waals surface area contributed by atoms with Crippen LogP contribution in [-0.4, -0.2) is 51.0 Å². The summed E-state index contributed by atoms with van der Waals surface area (Å²) in [6.07, 6.45) is 5.12. The van der Waals surface area contributed by atoms with Gasteiger partial charge in [-0.3, -0.25) is 0 Å². The number of Topliss-reactive ketones (excluding diaryl/α,β-unsaturated/α-hetero) is 2. The van der Waals surface area contributed by atoms with Crippen molar-refractivity contribution < 1.29 is 9.59 Å². The summed E-state index contributed by atoms with van der Waals surface area (Å²) in [6.45, 7) is 0. The molecular weight excluding hydrogens is 520 g/mol. The molecule has 31 heavy (non-hydrogen) atoms. The number of fused-ring (bicyclic) bond motifs is 3. The number of nitrogens with zero attached hydrogens (tertiary/aromatic N) is 3. The van der Waals surface area contributed by atoms with Gasteiger partial charge in [-0.05, 0) is 0 Å². The number of hydrogen-bond acceptors (Lipinski definition) is 5. The van der Waals surface area contributed by atoms with E-state index in [-0.39, 0.29) is 52.3 Å². The van der Waals surface area contributed by atoms with Crippen molar-refractivity contribution in [2.45, 2.75) is 0 Å². The molecule has 0 fully saturated rings. The average Bonchev–Trinajstić information content (AvgIpc) is 3.36. The SMILES string of the molecule is O=C1/C(=C\c2ccc(N3c4ccccc4[Se]c4cccnc43)[se]2)C(=O)c2ncccc21. The van der Waals surface area contributed by atoms with Crippen molar-refractivity contribution >= 4 is 72.1 Å². The summed E-state index contributed by atoms with van der Waals surface area (Å²) in [4.78, 5) is 36.4. The Morgan fingerprint density at radius 3 is 2.52 bits per heavy atom. The third kappa shape index (κ3) is 2.98. The van der Waals surface area contributed by atoms with Crippen LogP contribution in [0.2, 0.25) is 0 Å². The van der Waals surface area contributed by atoms with Gasteiger partial charge in [-0.1, -0.05) is 0 Å². The maximum absolute atomic E-state index is 12.7. The summed E-state index contributed by atoms with van der Waals surface area (Å²) in [5.41, 5.74) is 2.01. The van der Waals surface area contributed by atoms with E-state index in [2.05, 4.69) is 51.3 Å². The molecule has 2 aliphatic rings. The number of anilines is 3. The van der Waals surface area contributed by atoms with Gasteiger partial charge in [0.2, 0.25) is 0 Å². The summed E-state index contributed by atoms with van der Waals surface area (Å²) >= 11 is 0.143. The van der Waals surface area contributed by atoms with Crippen LogP contribution in [0.1, 0.15) is 25.3 Å². The summed E-state index contributed by atoms with van der Waals surface area (Å²) in [5, 5.41) is 0. The first kappa shape index (κ1) is 18.7. The predicted octanol–water partition coefficient (Wildman–Crippen LogP) is 2.43. The van der Waals surface area contributed by atoms with E-state index in [4.69, 9.17) is 0 Å². The van der Waals surface area contributed by atoms with Gasteiger partial charge in [-0.15, -0.1) is 0 Å². The number of allylic oxidation sites excluding steroid dienone is 1. The quantitative estimate of drug-likeness (QED) is 0.198. The second-order valence-electron chi connectivity index (χ2n) is 7.02. The number of aromatic nitrogens is 2. The summed E-state index contributed by atoms with van der Waals surface area (Å²) in [6, 6.07) is 20.0. The maximum atomic E-state index is 12.7. The van der Waals surface area contributed by atoms with Crippen molar-refractivity contribution in [2.24, 2.45) is 0 Å². The molecule has 0 amide bonds. The van der Waals surface area contributed by atoms with E-state index in [1.807, 2.05) is 18.3 Å². The fraction of sp³-hybridized carbons (Fsp3) is 0. The molecule has 148 valence electrons. The molecule has 4 heterocycles. The first-order valence-corrected chi connectivity index (χ1v) is 13.0. The van der Waals surface area contributed by atoms with Gasteiger partial charge in [-0.2, -0.15) is 0 Å². The van der Waals surface area contributed by atoms with Crippen LogP contribution in [0, 0.1) is 0 Å². The Morgan fingerprint density at radius 2 is 1.61 bits per heavy atom. The molecule has 1 aliphatic heterocycles. The van der Waals surface area contributed by atoms with Crippen LogP contribution in [0.5, 0.6) is 0 Å². The van der Waals surface area contributed by atoms with Gasteiger partial charge in [0.05, 0.1) is 0 Å². The van der Waals surface area contributed by atoms with Crippen molar-refractivity contribution in [1.29, 1.82) is 0 Å². The second-order valence-corrected chi connectivity index (χ2v) is 11.6. The zero-order valence-corrected chi connectivity index (χ0v) is 19.4. The van der Waals surface area contributed by atoms with Gasteiger partial charge >= 0.3 is 191 Å². The Labute approximate surface area is 190 Å². The van der Waals surface area contributed by atoms with Crippen LogP contribution in [0.4, 0.5) is 16.1 Å². The molecule has 5 nitrogen and oxygen atoms in total. The van der Waals surface area contributed by atoms with Crippen molar-refractivity contribution in [3.63, 3.8) is 0 Å². The first-order valence-electron chi connectivity index (χ1n) is 9.59. The molecule has 6 rings (SSSR count). The van der Waals surface area contributed by atoms with E-state index in [9.17, 15) is 9.59 Å². The standard InChI is InChI=1S/C24H13N3O2Se2/c28-22-15-5-3-11-25-21(15)23(29)16(22)13-14-9-10-20(30-14)27-17-6-1-2-7-18(17)31-19-8-4-12-26-24(19)27/h1-13H/b16-13+. The number of ketones is 2. The predicted molar refractivity (Wildman–Crippen MR) is 122 cm³/mol. The minimum atomic E-state index is -0.288. The fourth-order valence-electron chi connectivity index (χ4n) is 3.77. The number of para-hydroxylation sites is 1. The van der Waals surface area contributed by atoms with Gasteiger partial charge in [0, 0.05) is 0 Å². The molecule has 0 N–H and O–H groups in total. The van der Waals surface area contributed by atoms with Gasteiger partial charge in [0.25, 0.3) is 0 Å². The molecule has 1 aromatic carbocycles. The van der Waals surface area contributed by atoms with E-state index in [1.54, 1.807) is 24.4 Å². The molecule has 7 heteroatoms. The Bertz CT molecular complexity index is 1340. The molecule has 0 spiro atoms. The van der Waals surface area contributed by atoms with Crippen molar-refractivity contribution in [3.8, 4) is 0 Å². The number of benzene rings is 1. The molecular formula is C24H13N3O2Se2. The van der Waals surface area contributed by atoms with E-state index in [0.29, 0.717) is 5.56 Å². The van der Waals surface area contributed by atoms with Crippen molar-refractivity contribution in [2.75, 3.05) is 4.90 Å². The second kappa shape index (κ2) is 7.26. The van der Waals surface area contributed by atoms with Crippen LogP contribution in [-0.2, 0) is 0 Å². The van der Waals surface area contributed by atoms with Crippen molar-refractivity contribution in [3.05, 3.63) is 94.3 Å². The molecule has 0 saturated heterocycles. The molecule has 1 aliphatic carbocycles. The van der Waals surface area contributed by atoms with E-state index in [1.165, 1.54) is 8.92 Å². The Kier molecular flexibility index (Phi) is 4.37. The molecule has 0 atom stereocenters. The van der Waals surface area contributed by atoms with Gasteiger partial charge in [0.1, 0.15) is 0 Å². The Balaban J connectivity index is 1.43. The van der Waals surface area contributed by atoms with Gasteiger partial charge < -0.3 is 0 Å². The van der Waals surface area contributed by atoms with Gasteiger partial charge in [0.15, 0.2) is 0 Å². The Hall–Kier alpha value is -3.08.